The Kier molecular flexibility index (Phi) is 6.82. The van der Waals surface area contributed by atoms with E-state index in [4.69, 9.17) is 9.16 Å². The van der Waals surface area contributed by atoms with Crippen LogP contribution in [0.25, 0.3) is 0 Å². The second kappa shape index (κ2) is 7.74. The topological polar surface area (TPSA) is 47.5 Å². The van der Waals surface area contributed by atoms with E-state index in [9.17, 15) is 0 Å². The molecule has 0 saturated heterocycles. The van der Waals surface area contributed by atoms with Crippen LogP contribution in [0.2, 0.25) is 18.1 Å². The molecule has 5 nitrogen and oxygen atoms in total. The van der Waals surface area contributed by atoms with Gasteiger partial charge >= 0.3 is 0 Å². The van der Waals surface area contributed by atoms with Crippen molar-refractivity contribution in [1.29, 1.82) is 0 Å². The zero-order valence-corrected chi connectivity index (χ0v) is 17.3. The third-order valence-electron chi connectivity index (χ3n) is 4.14. The molecule has 0 unspecified atom stereocenters. The lowest BCUT2D eigenvalue weighted by molar-refractivity contribution is 0.284. The molecule has 1 rings (SSSR count). The zero-order valence-electron chi connectivity index (χ0n) is 14.7. The fraction of sp³-hybridized carbons (Fsp3) is 0.733. The molecule has 1 aromatic rings. The normalized spacial score (nSPS) is 12.4. The number of anilines is 1. The van der Waals surface area contributed by atoms with Crippen LogP contribution in [0.4, 0.5) is 5.95 Å². The number of rotatable bonds is 7. The summed E-state index contributed by atoms with van der Waals surface area (Å²) < 4.78 is 12.1. The predicted molar refractivity (Wildman–Crippen MR) is 97.3 cm³/mol. The van der Waals surface area contributed by atoms with Crippen molar-refractivity contribution in [1.82, 2.24) is 9.97 Å². The molecule has 0 spiro atoms. The van der Waals surface area contributed by atoms with E-state index >= 15 is 0 Å². The van der Waals surface area contributed by atoms with Crippen molar-refractivity contribution in [3.05, 3.63) is 10.7 Å². The van der Waals surface area contributed by atoms with Gasteiger partial charge in [-0.25, -0.2) is 4.98 Å². The van der Waals surface area contributed by atoms with Crippen molar-refractivity contribution < 1.29 is 9.16 Å². The Bertz CT molecular complexity index is 492. The predicted octanol–water partition coefficient (Wildman–Crippen LogP) is 4.10. The molecule has 0 bridgehead atoms. The van der Waals surface area contributed by atoms with Crippen molar-refractivity contribution in [2.75, 3.05) is 32.2 Å². The summed E-state index contributed by atoms with van der Waals surface area (Å²) in [6.07, 6.45) is 2.66. The van der Waals surface area contributed by atoms with Gasteiger partial charge in [0.1, 0.15) is 0 Å². The minimum absolute atomic E-state index is 0.251. The van der Waals surface area contributed by atoms with Crippen molar-refractivity contribution in [3.63, 3.8) is 0 Å². The van der Waals surface area contributed by atoms with Crippen LogP contribution in [0.5, 0.6) is 5.88 Å². The minimum Gasteiger partial charge on any atom is -0.480 e. The summed E-state index contributed by atoms with van der Waals surface area (Å²) in [7, 11) is 1.93. The SMILES string of the molecule is COc1nc(N(C)CCCO[Si](C)(C)C(C)(C)C)ncc1Br. The van der Waals surface area contributed by atoms with Crippen LogP contribution in [-0.4, -0.2) is 45.6 Å². The van der Waals surface area contributed by atoms with E-state index in [0.717, 1.165) is 24.0 Å². The molecule has 7 heteroatoms. The fourth-order valence-corrected chi connectivity index (χ4v) is 3.06. The van der Waals surface area contributed by atoms with Gasteiger partial charge in [0, 0.05) is 20.2 Å². The first-order valence-corrected chi connectivity index (χ1v) is 11.2. The van der Waals surface area contributed by atoms with Crippen LogP contribution in [-0.2, 0) is 4.43 Å². The summed E-state index contributed by atoms with van der Waals surface area (Å²) in [4.78, 5) is 10.7. The molecule has 22 heavy (non-hydrogen) atoms. The maximum Gasteiger partial charge on any atom is 0.232 e. The van der Waals surface area contributed by atoms with E-state index in [2.05, 4.69) is 59.8 Å². The average molecular weight is 390 g/mol. The van der Waals surface area contributed by atoms with E-state index in [1.807, 2.05) is 11.9 Å². The first-order chi connectivity index (χ1) is 10.1. The molecule has 0 atom stereocenters. The van der Waals surface area contributed by atoms with Crippen LogP contribution in [0.1, 0.15) is 27.2 Å². The van der Waals surface area contributed by atoms with Crippen molar-refractivity contribution >= 4 is 30.2 Å². The standard InChI is InChI=1S/C15H28BrN3O2Si/c1-15(2,3)22(6,7)21-10-8-9-19(4)14-17-11-12(16)13(18-14)20-5/h11H,8-10H2,1-7H3. The second-order valence-corrected chi connectivity index (χ2v) is 12.6. The molecule has 126 valence electrons. The second-order valence-electron chi connectivity index (χ2n) is 6.91. The summed E-state index contributed by atoms with van der Waals surface area (Å²) in [5.41, 5.74) is 0. The molecular weight excluding hydrogens is 362 g/mol. The zero-order chi connectivity index (χ0) is 17.0. The van der Waals surface area contributed by atoms with Crippen LogP contribution in [0.15, 0.2) is 10.7 Å². The first-order valence-electron chi connectivity index (χ1n) is 7.50. The number of methoxy groups -OCH3 is 1. The highest BCUT2D eigenvalue weighted by molar-refractivity contribution is 9.10. The third kappa shape index (κ3) is 5.21. The Balaban J connectivity index is 2.49. The highest BCUT2D eigenvalue weighted by Gasteiger charge is 2.36. The van der Waals surface area contributed by atoms with E-state index in [0.29, 0.717) is 11.8 Å². The molecule has 0 aliphatic carbocycles. The van der Waals surface area contributed by atoms with E-state index in [1.165, 1.54) is 0 Å². The van der Waals surface area contributed by atoms with Crippen LogP contribution in [0.3, 0.4) is 0 Å². The molecule has 0 aromatic carbocycles. The highest BCUT2D eigenvalue weighted by Crippen LogP contribution is 2.36. The number of nitrogens with zero attached hydrogens (tertiary/aromatic N) is 3. The quantitative estimate of drug-likeness (QED) is 0.518. The van der Waals surface area contributed by atoms with Gasteiger partial charge in [-0.3, -0.25) is 0 Å². The molecule has 0 aliphatic heterocycles. The molecule has 0 N–H and O–H groups in total. The van der Waals surface area contributed by atoms with E-state index < -0.39 is 8.32 Å². The monoisotopic (exact) mass is 389 g/mol. The number of halogens is 1. The Labute approximate surface area is 143 Å². The summed E-state index contributed by atoms with van der Waals surface area (Å²) >= 11 is 3.36. The average Bonchev–Trinajstić information content (AvgIpc) is 2.42. The van der Waals surface area contributed by atoms with Crippen LogP contribution < -0.4 is 9.64 Å². The minimum atomic E-state index is -1.65. The molecule has 0 fully saturated rings. The van der Waals surface area contributed by atoms with E-state index in [1.54, 1.807) is 13.3 Å². The Morgan fingerprint density at radius 1 is 1.32 bits per heavy atom. The van der Waals surface area contributed by atoms with Crippen molar-refractivity contribution in [2.45, 2.75) is 45.3 Å². The van der Waals surface area contributed by atoms with Crippen molar-refractivity contribution in [3.8, 4) is 5.88 Å². The molecule has 1 heterocycles. The van der Waals surface area contributed by atoms with Gasteiger partial charge in [-0.15, -0.1) is 0 Å². The van der Waals surface area contributed by atoms with Gasteiger partial charge in [0.05, 0.1) is 17.8 Å². The van der Waals surface area contributed by atoms with Gasteiger partial charge in [-0.2, -0.15) is 4.98 Å². The Hall–Kier alpha value is -0.663. The third-order valence-corrected chi connectivity index (χ3v) is 9.22. The maximum atomic E-state index is 6.18. The maximum absolute atomic E-state index is 6.18. The molecule has 0 amide bonds. The van der Waals surface area contributed by atoms with Gasteiger partial charge < -0.3 is 14.1 Å². The van der Waals surface area contributed by atoms with Gasteiger partial charge in [-0.1, -0.05) is 20.8 Å². The van der Waals surface area contributed by atoms with Gasteiger partial charge in [-0.05, 0) is 40.5 Å². The molecule has 0 aliphatic rings. The fourth-order valence-electron chi connectivity index (χ4n) is 1.62. The van der Waals surface area contributed by atoms with E-state index in [-0.39, 0.29) is 5.04 Å². The Morgan fingerprint density at radius 2 is 1.95 bits per heavy atom. The summed E-state index contributed by atoms with van der Waals surface area (Å²) in [6.45, 7) is 12.9. The van der Waals surface area contributed by atoms with Crippen LogP contribution in [0, 0.1) is 0 Å². The molecular formula is C15H28BrN3O2Si. The molecule has 0 saturated carbocycles. The number of ether oxygens (including phenoxy) is 1. The summed E-state index contributed by atoms with van der Waals surface area (Å²) in [5, 5.41) is 0.251. The lowest BCUT2D eigenvalue weighted by Crippen LogP contribution is -2.41. The van der Waals surface area contributed by atoms with Gasteiger partial charge in [0.2, 0.25) is 11.8 Å². The number of hydrogen-bond acceptors (Lipinski definition) is 5. The summed E-state index contributed by atoms with van der Waals surface area (Å²) in [5.74, 6) is 1.21. The van der Waals surface area contributed by atoms with Gasteiger partial charge in [0.15, 0.2) is 8.32 Å². The largest absolute Gasteiger partial charge is 0.480 e. The summed E-state index contributed by atoms with van der Waals surface area (Å²) in [6, 6.07) is 0. The molecule has 0 radical (unpaired) electrons. The van der Waals surface area contributed by atoms with Crippen molar-refractivity contribution in [2.24, 2.45) is 0 Å². The Morgan fingerprint density at radius 3 is 2.50 bits per heavy atom. The lowest BCUT2D eigenvalue weighted by atomic mass is 10.2. The van der Waals surface area contributed by atoms with Gasteiger partial charge in [0.25, 0.3) is 0 Å². The number of hydrogen-bond donors (Lipinski definition) is 0. The number of aromatic nitrogens is 2. The highest BCUT2D eigenvalue weighted by atomic mass is 79.9. The smallest absolute Gasteiger partial charge is 0.232 e. The molecule has 1 aromatic heterocycles. The first kappa shape index (κ1) is 19.4. The van der Waals surface area contributed by atoms with Crippen LogP contribution >= 0.6 is 15.9 Å². The lowest BCUT2D eigenvalue weighted by Gasteiger charge is -2.36.